The first-order valence-electron chi connectivity index (χ1n) is 8.12. The summed E-state index contributed by atoms with van der Waals surface area (Å²) in [4.78, 5) is 8.49. The molecule has 2 rings (SSSR count). The molecule has 0 unspecified atom stereocenters. The van der Waals surface area contributed by atoms with E-state index in [-0.39, 0.29) is 29.4 Å². The molecule has 0 radical (unpaired) electrons. The van der Waals surface area contributed by atoms with Gasteiger partial charge in [0.1, 0.15) is 5.76 Å². The molecule has 0 fully saturated rings. The molecule has 26 heavy (non-hydrogen) atoms. The maximum absolute atomic E-state index is 6.01. The van der Waals surface area contributed by atoms with Crippen molar-refractivity contribution >= 4 is 53.1 Å². The average Bonchev–Trinajstić information content (AvgIpc) is 2.99. The van der Waals surface area contributed by atoms with Gasteiger partial charge in [-0.1, -0.05) is 44.0 Å². The van der Waals surface area contributed by atoms with Crippen LogP contribution in [0.15, 0.2) is 33.8 Å². The molecular formula is C18H25Cl2IN4O. The van der Waals surface area contributed by atoms with Gasteiger partial charge < -0.3 is 15.1 Å². The van der Waals surface area contributed by atoms with E-state index in [9.17, 15) is 0 Å². The highest BCUT2D eigenvalue weighted by Crippen LogP contribution is 2.22. The van der Waals surface area contributed by atoms with Gasteiger partial charge in [-0.15, -0.1) is 24.0 Å². The fourth-order valence-electron chi connectivity index (χ4n) is 2.20. The maximum atomic E-state index is 6.01. The largest absolute Gasteiger partial charge is 0.443 e. The monoisotopic (exact) mass is 510 g/mol. The zero-order valence-electron chi connectivity index (χ0n) is 15.4. The van der Waals surface area contributed by atoms with E-state index in [0.717, 1.165) is 17.7 Å². The van der Waals surface area contributed by atoms with Crippen LogP contribution in [0.1, 0.15) is 38.0 Å². The Morgan fingerprint density at radius 3 is 2.35 bits per heavy atom. The van der Waals surface area contributed by atoms with Gasteiger partial charge in [-0.3, -0.25) is 4.99 Å². The second-order valence-electron chi connectivity index (χ2n) is 6.75. The second-order valence-corrected chi connectivity index (χ2v) is 7.62. The molecule has 1 aromatic heterocycles. The minimum Gasteiger partial charge on any atom is -0.443 e. The fraction of sp³-hybridized carbons (Fsp3) is 0.444. The number of benzene rings is 1. The zero-order chi connectivity index (χ0) is 18.4. The van der Waals surface area contributed by atoms with Crippen molar-refractivity contribution < 1.29 is 4.42 Å². The van der Waals surface area contributed by atoms with Gasteiger partial charge in [0.15, 0.2) is 5.96 Å². The summed E-state index contributed by atoms with van der Waals surface area (Å²) in [6, 6.07) is 5.54. The number of halogens is 3. The van der Waals surface area contributed by atoms with E-state index in [1.165, 1.54) is 0 Å². The van der Waals surface area contributed by atoms with Crippen LogP contribution in [-0.2, 0) is 18.4 Å². The first-order chi connectivity index (χ1) is 11.8. The molecule has 0 bridgehead atoms. The van der Waals surface area contributed by atoms with E-state index in [0.29, 0.717) is 35.0 Å². The summed E-state index contributed by atoms with van der Waals surface area (Å²) in [5.74, 6) is 2.18. The fourth-order valence-corrected chi connectivity index (χ4v) is 2.77. The predicted molar refractivity (Wildman–Crippen MR) is 119 cm³/mol. The third-order valence-electron chi connectivity index (χ3n) is 3.55. The molecule has 2 N–H and O–H groups in total. The number of rotatable bonds is 5. The quantitative estimate of drug-likeness (QED) is 0.344. The highest BCUT2D eigenvalue weighted by atomic mass is 127. The minimum absolute atomic E-state index is 0. The smallest absolute Gasteiger partial charge is 0.213 e. The van der Waals surface area contributed by atoms with E-state index in [4.69, 9.17) is 27.6 Å². The van der Waals surface area contributed by atoms with Crippen molar-refractivity contribution in [2.75, 3.05) is 13.6 Å². The van der Waals surface area contributed by atoms with E-state index < -0.39 is 0 Å². The summed E-state index contributed by atoms with van der Waals surface area (Å²) < 4.78 is 5.76. The Kier molecular flexibility index (Phi) is 9.19. The summed E-state index contributed by atoms with van der Waals surface area (Å²) in [5.41, 5.74) is 1.02. The molecule has 0 aliphatic carbocycles. The number of nitrogens with zero attached hydrogens (tertiary/aromatic N) is 2. The van der Waals surface area contributed by atoms with E-state index in [1.807, 2.05) is 12.1 Å². The zero-order valence-corrected chi connectivity index (χ0v) is 19.2. The van der Waals surface area contributed by atoms with Crippen LogP contribution in [-0.4, -0.2) is 24.5 Å². The lowest BCUT2D eigenvalue weighted by atomic mass is 9.94. The number of hydrogen-bond donors (Lipinski definition) is 2. The molecule has 0 saturated heterocycles. The van der Waals surface area contributed by atoms with Crippen LogP contribution < -0.4 is 10.6 Å². The first kappa shape index (κ1) is 23.0. The molecular weight excluding hydrogens is 486 g/mol. The van der Waals surface area contributed by atoms with Gasteiger partial charge in [0.05, 0.1) is 12.7 Å². The van der Waals surface area contributed by atoms with E-state index in [1.54, 1.807) is 19.3 Å². The summed E-state index contributed by atoms with van der Waals surface area (Å²) in [6.45, 7) is 7.45. The third kappa shape index (κ3) is 7.32. The normalized spacial score (nSPS) is 11.8. The Balaban J connectivity index is 0.00000338. The number of aromatic nitrogens is 1. The summed E-state index contributed by atoms with van der Waals surface area (Å²) >= 11 is 12.0. The summed E-state index contributed by atoms with van der Waals surface area (Å²) in [6.07, 6.45) is 2.56. The average molecular weight is 511 g/mol. The van der Waals surface area contributed by atoms with Crippen LogP contribution in [0.5, 0.6) is 0 Å². The molecule has 8 heteroatoms. The first-order valence-corrected chi connectivity index (χ1v) is 8.88. The molecule has 0 spiro atoms. The van der Waals surface area contributed by atoms with Crippen molar-refractivity contribution in [3.05, 3.63) is 51.7 Å². The van der Waals surface area contributed by atoms with Crippen LogP contribution >= 0.6 is 47.2 Å². The number of guanidine groups is 1. The highest BCUT2D eigenvalue weighted by molar-refractivity contribution is 14.0. The van der Waals surface area contributed by atoms with Gasteiger partial charge >= 0.3 is 0 Å². The van der Waals surface area contributed by atoms with Crippen molar-refractivity contribution in [2.24, 2.45) is 4.99 Å². The maximum Gasteiger partial charge on any atom is 0.213 e. The van der Waals surface area contributed by atoms with Crippen molar-refractivity contribution in [3.8, 4) is 0 Å². The highest BCUT2D eigenvalue weighted by Gasteiger charge is 2.19. The van der Waals surface area contributed by atoms with Gasteiger partial charge in [0, 0.05) is 29.1 Å². The number of hydrogen-bond acceptors (Lipinski definition) is 3. The lowest BCUT2D eigenvalue weighted by Crippen LogP contribution is -2.37. The van der Waals surface area contributed by atoms with Crippen molar-refractivity contribution in [3.63, 3.8) is 0 Å². The molecule has 5 nitrogen and oxygen atoms in total. The Morgan fingerprint density at radius 2 is 1.81 bits per heavy atom. The van der Waals surface area contributed by atoms with Crippen LogP contribution in [0, 0.1) is 0 Å². The lowest BCUT2D eigenvalue weighted by molar-refractivity contribution is 0.379. The van der Waals surface area contributed by atoms with Crippen LogP contribution in [0.4, 0.5) is 0 Å². The standard InChI is InChI=1S/C18H24Cl2N4O.HI/c1-18(2,3)15-10-23-16(25-15)11-24-17(21-4)22-6-5-12-7-13(19)9-14(20)8-12;/h7-10H,5-6,11H2,1-4H3,(H2,21,22,24);1H. The molecule has 0 aliphatic heterocycles. The van der Waals surface area contributed by atoms with Gasteiger partial charge in [-0.2, -0.15) is 0 Å². The number of nitrogens with one attached hydrogen (secondary N) is 2. The molecule has 1 heterocycles. The third-order valence-corrected chi connectivity index (χ3v) is 3.99. The van der Waals surface area contributed by atoms with Gasteiger partial charge in [-0.25, -0.2) is 4.98 Å². The molecule has 0 atom stereocenters. The SMILES string of the molecule is CN=C(NCCc1cc(Cl)cc(Cl)c1)NCc1ncc(C(C)(C)C)o1.I. The molecule has 2 aromatic rings. The Morgan fingerprint density at radius 1 is 1.15 bits per heavy atom. The van der Waals surface area contributed by atoms with E-state index >= 15 is 0 Å². The second kappa shape index (κ2) is 10.4. The lowest BCUT2D eigenvalue weighted by Gasteiger charge is -2.13. The molecule has 0 aliphatic rings. The Bertz CT molecular complexity index is 721. The number of aliphatic imine (C=N–C) groups is 1. The molecule has 0 amide bonds. The summed E-state index contributed by atoms with van der Waals surface area (Å²) in [5, 5.41) is 7.72. The van der Waals surface area contributed by atoms with Gasteiger partial charge in [-0.05, 0) is 30.2 Å². The molecule has 0 saturated carbocycles. The van der Waals surface area contributed by atoms with E-state index in [2.05, 4.69) is 41.4 Å². The Labute approximate surface area is 182 Å². The molecule has 144 valence electrons. The van der Waals surface area contributed by atoms with Gasteiger partial charge in [0.25, 0.3) is 0 Å². The molecule has 1 aromatic carbocycles. The number of oxazole rings is 1. The van der Waals surface area contributed by atoms with Crippen LogP contribution in [0.25, 0.3) is 0 Å². The van der Waals surface area contributed by atoms with Crippen molar-refractivity contribution in [1.29, 1.82) is 0 Å². The van der Waals surface area contributed by atoms with Crippen molar-refractivity contribution in [2.45, 2.75) is 39.2 Å². The van der Waals surface area contributed by atoms with Crippen LogP contribution in [0.3, 0.4) is 0 Å². The van der Waals surface area contributed by atoms with Gasteiger partial charge in [0.2, 0.25) is 5.89 Å². The minimum atomic E-state index is -0.0522. The topological polar surface area (TPSA) is 62.5 Å². The van der Waals surface area contributed by atoms with Crippen molar-refractivity contribution in [1.82, 2.24) is 15.6 Å². The van der Waals surface area contributed by atoms with Crippen LogP contribution in [0.2, 0.25) is 10.0 Å². The predicted octanol–water partition coefficient (Wildman–Crippen LogP) is 4.80. The summed E-state index contributed by atoms with van der Waals surface area (Å²) in [7, 11) is 1.72. The Hall–Kier alpha value is -0.990.